The number of aromatic nitrogens is 2. The number of nitrogens with one attached hydrogen (secondary N) is 1. The quantitative estimate of drug-likeness (QED) is 0.894. The minimum Gasteiger partial charge on any atom is -0.350 e. The molecular formula is C15H19N3O. The van der Waals surface area contributed by atoms with Crippen LogP contribution in [0.25, 0.3) is 0 Å². The zero-order valence-corrected chi connectivity index (χ0v) is 11.3. The van der Waals surface area contributed by atoms with Crippen molar-refractivity contribution >= 4 is 5.91 Å². The molecule has 1 N–H and O–H groups in total. The minimum absolute atomic E-state index is 0.0106. The van der Waals surface area contributed by atoms with Gasteiger partial charge in [-0.15, -0.1) is 0 Å². The van der Waals surface area contributed by atoms with Gasteiger partial charge in [-0.1, -0.05) is 19.1 Å². The van der Waals surface area contributed by atoms with E-state index in [2.05, 4.69) is 17.2 Å². The zero-order valence-electron chi connectivity index (χ0n) is 11.3. The van der Waals surface area contributed by atoms with Crippen LogP contribution < -0.4 is 5.32 Å². The SMILES string of the molecule is CC[C@@H](C)NC(=O)c1ccc(Cn2ccnc2)cc1. The molecule has 1 atom stereocenters. The molecule has 2 rings (SSSR count). The topological polar surface area (TPSA) is 46.9 Å². The predicted octanol–water partition coefficient (Wildman–Crippen LogP) is 2.46. The first-order valence-corrected chi connectivity index (χ1v) is 6.54. The highest BCUT2D eigenvalue weighted by molar-refractivity contribution is 5.94. The lowest BCUT2D eigenvalue weighted by Crippen LogP contribution is -2.31. The smallest absolute Gasteiger partial charge is 0.251 e. The molecule has 0 saturated carbocycles. The van der Waals surface area contributed by atoms with Crippen LogP contribution >= 0.6 is 0 Å². The van der Waals surface area contributed by atoms with Gasteiger partial charge >= 0.3 is 0 Å². The predicted molar refractivity (Wildman–Crippen MR) is 75.0 cm³/mol. The van der Waals surface area contributed by atoms with Gasteiger partial charge in [0.05, 0.1) is 6.33 Å². The maximum absolute atomic E-state index is 11.9. The summed E-state index contributed by atoms with van der Waals surface area (Å²) in [6.45, 7) is 4.83. The highest BCUT2D eigenvalue weighted by Crippen LogP contribution is 2.07. The summed E-state index contributed by atoms with van der Waals surface area (Å²) in [6.07, 6.45) is 6.39. The summed E-state index contributed by atoms with van der Waals surface area (Å²) in [6, 6.07) is 7.89. The maximum atomic E-state index is 11.9. The van der Waals surface area contributed by atoms with E-state index in [-0.39, 0.29) is 11.9 Å². The lowest BCUT2D eigenvalue weighted by molar-refractivity contribution is 0.0939. The standard InChI is InChI=1S/C15H19N3O/c1-3-12(2)17-15(19)14-6-4-13(5-7-14)10-18-9-8-16-11-18/h4-9,11-12H,3,10H2,1-2H3,(H,17,19)/t12-/m1/s1. The van der Waals surface area contributed by atoms with Crippen molar-refractivity contribution in [3.05, 3.63) is 54.1 Å². The minimum atomic E-state index is -0.0106. The largest absolute Gasteiger partial charge is 0.350 e. The van der Waals surface area contributed by atoms with Gasteiger partial charge in [0.25, 0.3) is 5.91 Å². The van der Waals surface area contributed by atoms with Crippen molar-refractivity contribution in [3.8, 4) is 0 Å². The molecule has 19 heavy (non-hydrogen) atoms. The Hall–Kier alpha value is -2.10. The third-order valence-electron chi connectivity index (χ3n) is 3.13. The first kappa shape index (κ1) is 13.3. The number of nitrogens with zero attached hydrogens (tertiary/aromatic N) is 2. The van der Waals surface area contributed by atoms with Gasteiger partial charge < -0.3 is 9.88 Å². The number of imidazole rings is 1. The van der Waals surface area contributed by atoms with E-state index in [9.17, 15) is 4.79 Å². The monoisotopic (exact) mass is 257 g/mol. The van der Waals surface area contributed by atoms with Gasteiger partial charge in [-0.2, -0.15) is 0 Å². The third-order valence-corrected chi connectivity index (χ3v) is 3.13. The molecule has 100 valence electrons. The molecule has 0 aliphatic carbocycles. The molecule has 0 bridgehead atoms. The lowest BCUT2D eigenvalue weighted by Gasteiger charge is -2.11. The fourth-order valence-electron chi connectivity index (χ4n) is 1.76. The van der Waals surface area contributed by atoms with Crippen LogP contribution in [-0.2, 0) is 6.54 Å². The van der Waals surface area contributed by atoms with Crippen molar-refractivity contribution in [2.75, 3.05) is 0 Å². The van der Waals surface area contributed by atoms with E-state index in [1.165, 1.54) is 0 Å². The number of amides is 1. The number of hydrogen-bond donors (Lipinski definition) is 1. The van der Waals surface area contributed by atoms with Crippen LogP contribution in [0.5, 0.6) is 0 Å². The van der Waals surface area contributed by atoms with Gasteiger partial charge in [0, 0.05) is 30.5 Å². The normalized spacial score (nSPS) is 12.1. The van der Waals surface area contributed by atoms with Crippen molar-refractivity contribution < 1.29 is 4.79 Å². The highest BCUT2D eigenvalue weighted by Gasteiger charge is 2.08. The zero-order chi connectivity index (χ0) is 13.7. The second-order valence-electron chi connectivity index (χ2n) is 4.71. The molecule has 2 aromatic rings. The molecule has 4 nitrogen and oxygen atoms in total. The maximum Gasteiger partial charge on any atom is 0.251 e. The van der Waals surface area contributed by atoms with Crippen molar-refractivity contribution in [3.63, 3.8) is 0 Å². The van der Waals surface area contributed by atoms with Crippen LogP contribution in [0.2, 0.25) is 0 Å². The molecule has 0 aliphatic rings. The molecule has 0 saturated heterocycles. The first-order valence-electron chi connectivity index (χ1n) is 6.54. The summed E-state index contributed by atoms with van der Waals surface area (Å²) in [5, 5.41) is 2.96. The fraction of sp³-hybridized carbons (Fsp3) is 0.333. The molecule has 0 radical (unpaired) electrons. The van der Waals surface area contributed by atoms with E-state index in [0.29, 0.717) is 5.56 Å². The van der Waals surface area contributed by atoms with Crippen LogP contribution in [0.3, 0.4) is 0 Å². The van der Waals surface area contributed by atoms with E-state index in [1.807, 2.05) is 42.0 Å². The van der Waals surface area contributed by atoms with Crippen LogP contribution in [0, 0.1) is 0 Å². The van der Waals surface area contributed by atoms with Gasteiger partial charge in [0.1, 0.15) is 0 Å². The molecule has 0 spiro atoms. The number of rotatable bonds is 5. The lowest BCUT2D eigenvalue weighted by atomic mass is 10.1. The van der Waals surface area contributed by atoms with E-state index >= 15 is 0 Å². The van der Waals surface area contributed by atoms with Crippen molar-refractivity contribution in [1.82, 2.24) is 14.9 Å². The molecule has 0 aliphatic heterocycles. The molecule has 1 heterocycles. The Bertz CT molecular complexity index is 517. The molecule has 0 unspecified atom stereocenters. The molecule has 4 heteroatoms. The van der Waals surface area contributed by atoms with E-state index in [0.717, 1.165) is 18.5 Å². The van der Waals surface area contributed by atoms with Gasteiger partial charge in [0.2, 0.25) is 0 Å². The van der Waals surface area contributed by atoms with Gasteiger partial charge in [-0.05, 0) is 31.0 Å². The van der Waals surface area contributed by atoms with E-state index in [1.54, 1.807) is 12.5 Å². The van der Waals surface area contributed by atoms with Crippen LogP contribution in [0.1, 0.15) is 36.2 Å². The molecule has 1 aromatic heterocycles. The van der Waals surface area contributed by atoms with Gasteiger partial charge in [0.15, 0.2) is 0 Å². The number of benzene rings is 1. The Kier molecular flexibility index (Phi) is 4.34. The average Bonchev–Trinajstić information content (AvgIpc) is 2.92. The summed E-state index contributed by atoms with van der Waals surface area (Å²) < 4.78 is 1.99. The van der Waals surface area contributed by atoms with Crippen molar-refractivity contribution in [2.45, 2.75) is 32.9 Å². The van der Waals surface area contributed by atoms with Crippen molar-refractivity contribution in [1.29, 1.82) is 0 Å². The summed E-state index contributed by atoms with van der Waals surface area (Å²) >= 11 is 0. The second-order valence-corrected chi connectivity index (χ2v) is 4.71. The summed E-state index contributed by atoms with van der Waals surface area (Å²) in [5.41, 5.74) is 1.85. The van der Waals surface area contributed by atoms with E-state index < -0.39 is 0 Å². The van der Waals surface area contributed by atoms with Crippen LogP contribution in [0.15, 0.2) is 43.0 Å². The van der Waals surface area contributed by atoms with Crippen LogP contribution in [-0.4, -0.2) is 21.5 Å². The second kappa shape index (κ2) is 6.18. The number of carbonyl (C=O) groups excluding carboxylic acids is 1. The van der Waals surface area contributed by atoms with E-state index in [4.69, 9.17) is 0 Å². The van der Waals surface area contributed by atoms with Gasteiger partial charge in [-0.3, -0.25) is 4.79 Å². The Balaban J connectivity index is 2.00. The Morgan fingerprint density at radius 3 is 2.68 bits per heavy atom. The summed E-state index contributed by atoms with van der Waals surface area (Å²) in [5.74, 6) is -0.0106. The number of hydrogen-bond acceptors (Lipinski definition) is 2. The van der Waals surface area contributed by atoms with Crippen molar-refractivity contribution in [2.24, 2.45) is 0 Å². The number of carbonyl (C=O) groups is 1. The molecular weight excluding hydrogens is 238 g/mol. The van der Waals surface area contributed by atoms with Gasteiger partial charge in [-0.25, -0.2) is 4.98 Å². The first-order chi connectivity index (χ1) is 9.19. The summed E-state index contributed by atoms with van der Waals surface area (Å²) in [7, 11) is 0. The Labute approximate surface area is 113 Å². The Morgan fingerprint density at radius 2 is 2.11 bits per heavy atom. The van der Waals surface area contributed by atoms with Crippen LogP contribution in [0.4, 0.5) is 0 Å². The average molecular weight is 257 g/mol. The Morgan fingerprint density at radius 1 is 1.37 bits per heavy atom. The third kappa shape index (κ3) is 3.68. The molecule has 0 fully saturated rings. The highest BCUT2D eigenvalue weighted by atomic mass is 16.1. The fourth-order valence-corrected chi connectivity index (χ4v) is 1.76. The summed E-state index contributed by atoms with van der Waals surface area (Å²) in [4.78, 5) is 15.9. The molecule has 1 amide bonds. The molecule has 1 aromatic carbocycles.